The molecule has 1 aliphatic carbocycles. The molecule has 1 aromatic carbocycles. The summed E-state index contributed by atoms with van der Waals surface area (Å²) in [5.74, 6) is -0.538. The summed E-state index contributed by atoms with van der Waals surface area (Å²) in [5, 5.41) is 25.4. The molecule has 5 atom stereocenters. The molecule has 682 valence electrons. The van der Waals surface area contributed by atoms with Crippen LogP contribution in [-0.2, 0) is 4.79 Å². The zero-order chi connectivity index (χ0) is 91.3. The second kappa shape index (κ2) is 41.1. The van der Waals surface area contributed by atoms with Crippen LogP contribution < -0.4 is 79.8 Å². The minimum atomic E-state index is -0.567. The van der Waals surface area contributed by atoms with Crippen molar-refractivity contribution in [3.63, 3.8) is 0 Å². The Kier molecular flexibility index (Phi) is 29.3. The van der Waals surface area contributed by atoms with Gasteiger partial charge in [-0.15, -0.1) is 11.3 Å². The number of nitrogens with two attached hydrogens (primary N) is 5. The van der Waals surface area contributed by atoms with Crippen LogP contribution in [0, 0.1) is 32.5 Å². The van der Waals surface area contributed by atoms with Gasteiger partial charge >= 0.3 is 0 Å². The van der Waals surface area contributed by atoms with Crippen molar-refractivity contribution in [2.45, 2.75) is 134 Å². The van der Waals surface area contributed by atoms with Crippen LogP contribution in [0.15, 0.2) is 129 Å². The maximum atomic E-state index is 13.4. The monoisotopic (exact) mass is 2130 g/mol. The molecule has 5 aliphatic heterocycles. The number of anilines is 10. The number of pyridine rings is 5. The number of H-pyrrole nitrogens is 5. The van der Waals surface area contributed by atoms with E-state index in [0.29, 0.717) is 57.0 Å². The number of nitrogens with zero attached hydrogens (tertiary/aromatic N) is 13. The van der Waals surface area contributed by atoms with Crippen LogP contribution in [0.25, 0.3) is 55.2 Å². The third-order valence-electron chi connectivity index (χ3n) is 23.5. The van der Waals surface area contributed by atoms with Crippen LogP contribution in [0.4, 0.5) is 61.3 Å². The summed E-state index contributed by atoms with van der Waals surface area (Å²) in [6.07, 6.45) is 32.4. The van der Waals surface area contributed by atoms with Gasteiger partial charge in [-0.05, 0) is 189 Å². The van der Waals surface area contributed by atoms with Gasteiger partial charge < -0.3 is 114 Å². The molecule has 0 radical (unpaired) electrons. The number of fused-ring (bicyclic) bond motifs is 5. The van der Waals surface area contributed by atoms with Gasteiger partial charge in [0, 0.05) is 187 Å². The number of rotatable bonds is 15. The SMILES string of the molecule is Cc1cc(C(=O)Nc2c[nH]c3ncc(Br)c(N4CCC[C@@H](N)C4)c23)no1.Cc1nc(C(=O)Nc2c[nH]c3ncc(Br)c(N4CCC[C@@H](N)C4)c23)co1.Cc1nc(C(=O)Nc2c[nH]c3ncc(Br)c(N4CCC[C@@H](N)C4)c23)cs1.N[C@@H]1CCCN(c2c(Br)cnc3[nH]cc(NC(=O)C4CCC4)c23)C1.N[C@@H]1CCCN(c2c(Br)cnc3[nH]cc(NC(=O)c4ccc(F)c(Cl)c4)c23)C1. The predicted octanol–water partition coefficient (Wildman–Crippen LogP) is 16.2. The fourth-order valence-corrected chi connectivity index (χ4v) is 20.6. The zero-order valence-electron chi connectivity index (χ0n) is 71.1. The van der Waals surface area contributed by atoms with Crippen LogP contribution in [-0.4, -0.2) is 190 Å². The number of benzene rings is 1. The molecule has 6 aliphatic rings. The molecule has 6 fully saturated rings. The first kappa shape index (κ1) is 92.8. The Balaban J connectivity index is 0.000000119. The second-order valence-electron chi connectivity index (χ2n) is 33.0. The van der Waals surface area contributed by atoms with E-state index in [0.717, 1.165) is 249 Å². The minimum absolute atomic E-state index is 0.0982. The molecule has 43 heteroatoms. The lowest BCUT2D eigenvalue weighted by molar-refractivity contribution is -0.122. The largest absolute Gasteiger partial charge is 0.448 e. The molecule has 0 spiro atoms. The van der Waals surface area contributed by atoms with Crippen molar-refractivity contribution in [3.8, 4) is 0 Å². The van der Waals surface area contributed by atoms with E-state index >= 15 is 0 Å². The molecule has 130 heavy (non-hydrogen) atoms. The van der Waals surface area contributed by atoms with Crippen LogP contribution in [0.5, 0.6) is 0 Å². The van der Waals surface area contributed by atoms with Crippen molar-refractivity contribution in [1.82, 2.24) is 65.0 Å². The van der Waals surface area contributed by atoms with Crippen LogP contribution in [0.2, 0.25) is 5.02 Å². The highest BCUT2D eigenvalue weighted by Crippen LogP contribution is 2.46. The number of carbonyl (C=O) groups is 5. The Hall–Kier alpha value is -10.5. The lowest BCUT2D eigenvalue weighted by atomic mass is 9.85. The average Bonchev–Trinajstić information content (AvgIpc) is 1.61. The van der Waals surface area contributed by atoms with Crippen molar-refractivity contribution in [1.29, 1.82) is 0 Å². The third-order valence-corrected chi connectivity index (χ3v) is 27.5. The van der Waals surface area contributed by atoms with E-state index in [-0.39, 0.29) is 87.6 Å². The van der Waals surface area contributed by atoms with Crippen molar-refractivity contribution >= 4 is 244 Å². The second-order valence-corrected chi connectivity index (χ2v) is 38.8. The Morgan fingerprint density at radius 3 is 1.08 bits per heavy atom. The minimum Gasteiger partial charge on any atom is -0.448 e. The number of nitrogens with one attached hydrogen (secondary N) is 10. The van der Waals surface area contributed by atoms with Crippen molar-refractivity contribution in [2.24, 2.45) is 34.6 Å². The molecule has 5 amide bonds. The van der Waals surface area contributed by atoms with Gasteiger partial charge in [0.05, 0.1) is 116 Å². The molecule has 13 aromatic heterocycles. The van der Waals surface area contributed by atoms with Gasteiger partial charge in [0.15, 0.2) is 17.3 Å². The summed E-state index contributed by atoms with van der Waals surface area (Å²) in [7, 11) is 0. The average molecular weight is 2130 g/mol. The van der Waals surface area contributed by atoms with Gasteiger partial charge in [0.25, 0.3) is 23.6 Å². The molecule has 18 heterocycles. The summed E-state index contributed by atoms with van der Waals surface area (Å²) in [6.45, 7) is 13.8. The van der Waals surface area contributed by atoms with Gasteiger partial charge in [0.2, 0.25) is 5.91 Å². The van der Waals surface area contributed by atoms with Crippen molar-refractivity contribution < 1.29 is 37.3 Å². The standard InChI is InChI=1S/C19H18BrClFN5O.2C17H19BrN6O2.C17H19BrN6OS.C17H22BrN5O/c20-12-7-24-18-16(17(12)27-5-1-2-11(23)9-27)15(8-25-18)26-19(28)10-3-4-14(22)13(21)6-10;1-9-22-13(8-26-9)17(25)23-12-6-21-16-14(12)15(11(18)5-20-16)24-4-2-3-10(19)7-24;1-9-5-12(23-26-9)17(25)22-13-7-21-16-14(13)15(11(18)6-20-16)24-4-2-3-10(19)8-24;1-9-22-13(8-26-9)17(25)23-12-6-21-16-14(12)15(11(18)5-20-16)24-4-2-3-10(19)7-24;18-12-7-20-16-14(15(12)23-6-2-5-11(19)9-23)13(8-21-16)22-17(24)10-3-1-4-10/h3-4,6-8,11H,1-2,5,9,23H2,(H,24,25)(H,26,28);5-6,8,10H,2-4,7,19H2,1H3,(H,20,21)(H,23,25);5-7,10H,2-4,8,19H2,1H3,(H,20,21)(H,22,25);5-6,8,10H,2-4,7,19H2,1H3,(H,20,21)(H,23,25);7-8,10-11H,1-6,9,19H2,(H,20,21)(H,22,24)/t11-;3*10-;11-/m11111/s1. The number of aromatic amines is 5. The smallest absolute Gasteiger partial charge is 0.277 e. The Morgan fingerprint density at radius 2 is 0.785 bits per heavy atom. The highest BCUT2D eigenvalue weighted by molar-refractivity contribution is 9.11. The fraction of sp³-hybridized carbons (Fsp3) is 0.368. The van der Waals surface area contributed by atoms with Gasteiger partial charge in [0.1, 0.15) is 51.8 Å². The summed E-state index contributed by atoms with van der Waals surface area (Å²) < 4.78 is 27.9. The van der Waals surface area contributed by atoms with E-state index in [1.165, 1.54) is 35.8 Å². The van der Waals surface area contributed by atoms with Crippen LogP contribution in [0.3, 0.4) is 0 Å². The summed E-state index contributed by atoms with van der Waals surface area (Å²) in [4.78, 5) is 120. The van der Waals surface area contributed by atoms with E-state index in [1.807, 2.05) is 19.3 Å². The molecule has 5 saturated heterocycles. The van der Waals surface area contributed by atoms with Gasteiger partial charge in [-0.1, -0.05) is 23.2 Å². The number of aryl methyl sites for hydroxylation is 3. The zero-order valence-corrected chi connectivity index (χ0v) is 80.6. The van der Waals surface area contributed by atoms with E-state index in [2.05, 4.69) is 196 Å². The number of piperidine rings is 5. The number of hydrogen-bond acceptors (Lipinski definition) is 26. The number of aromatic nitrogens is 13. The number of hydrogen-bond donors (Lipinski definition) is 15. The van der Waals surface area contributed by atoms with Gasteiger partial charge in [-0.3, -0.25) is 24.0 Å². The summed E-state index contributed by atoms with van der Waals surface area (Å²) in [6, 6.07) is 6.16. The van der Waals surface area contributed by atoms with Crippen molar-refractivity contribution in [2.75, 3.05) is 117 Å². The first-order valence-corrected chi connectivity index (χ1v) is 48.0. The topological polar surface area (TPSA) is 500 Å². The lowest BCUT2D eigenvalue weighted by Gasteiger charge is -2.34. The van der Waals surface area contributed by atoms with E-state index < -0.39 is 5.82 Å². The number of carbonyl (C=O) groups excluding carboxylic acids is 5. The first-order valence-electron chi connectivity index (χ1n) is 42.7. The Labute approximate surface area is 796 Å². The van der Waals surface area contributed by atoms with E-state index in [1.54, 1.807) is 74.9 Å². The van der Waals surface area contributed by atoms with Crippen LogP contribution in [0.1, 0.15) is 142 Å². The number of oxazole rings is 1. The van der Waals surface area contributed by atoms with Gasteiger partial charge in [-0.2, -0.15) is 0 Å². The number of thiazole rings is 1. The third kappa shape index (κ3) is 21.0. The Morgan fingerprint density at radius 1 is 0.446 bits per heavy atom. The Bertz CT molecular complexity index is 6140. The van der Waals surface area contributed by atoms with Crippen LogP contribution >= 0.6 is 103 Å². The van der Waals surface area contributed by atoms with Gasteiger partial charge in [-0.25, -0.2) is 39.3 Å². The maximum Gasteiger partial charge on any atom is 0.277 e. The summed E-state index contributed by atoms with van der Waals surface area (Å²) in [5.41, 5.74) is 43.9. The quantitative estimate of drug-likeness (QED) is 0.0453. The van der Waals surface area contributed by atoms with E-state index in [4.69, 9.17) is 49.2 Å². The highest BCUT2D eigenvalue weighted by atomic mass is 79.9. The molecule has 0 unspecified atom stereocenters. The number of halogens is 7. The molecule has 0 bridgehead atoms. The molecular weight excluding hydrogens is 2040 g/mol. The molecule has 35 nitrogen and oxygen atoms in total. The molecule has 20 rings (SSSR count). The summed E-state index contributed by atoms with van der Waals surface area (Å²) >= 11 is 25.3. The molecule has 14 aromatic rings. The van der Waals surface area contributed by atoms with E-state index in [9.17, 15) is 28.4 Å². The fourth-order valence-electron chi connectivity index (χ4n) is 17.1. The molecule has 1 saturated carbocycles. The number of amides is 5. The maximum absolute atomic E-state index is 13.4. The predicted molar refractivity (Wildman–Crippen MR) is 525 cm³/mol. The normalized spacial score (nSPS) is 18.3. The lowest BCUT2D eigenvalue weighted by Crippen LogP contribution is -2.43. The molecular formula is C87H97Br5ClFN28O7S. The molecule has 20 N–H and O–H groups in total. The first-order chi connectivity index (χ1) is 62.6. The highest BCUT2D eigenvalue weighted by Gasteiger charge is 2.33. The van der Waals surface area contributed by atoms with Crippen molar-refractivity contribution in [3.05, 3.63) is 170 Å².